The Bertz CT molecular complexity index is 796. The van der Waals surface area contributed by atoms with Gasteiger partial charge in [0.1, 0.15) is 5.03 Å². The first kappa shape index (κ1) is 14.0. The molecular weight excluding hydrogens is 284 g/mol. The van der Waals surface area contributed by atoms with E-state index in [1.54, 1.807) is 0 Å². The SMILES string of the molecule is Cn1nc(Sc2ncccc2C(=O)O)c(=O)n(C)c1=O. The summed E-state index contributed by atoms with van der Waals surface area (Å²) in [5.74, 6) is -1.15. The number of nitrogens with zero attached hydrogens (tertiary/aromatic N) is 4. The quantitative estimate of drug-likeness (QED) is 0.829. The molecule has 2 aromatic rings. The van der Waals surface area contributed by atoms with Gasteiger partial charge in [-0.2, -0.15) is 5.10 Å². The van der Waals surface area contributed by atoms with E-state index in [0.29, 0.717) is 0 Å². The van der Waals surface area contributed by atoms with Crippen LogP contribution in [0.5, 0.6) is 0 Å². The Morgan fingerprint density at radius 1 is 1.30 bits per heavy atom. The highest BCUT2D eigenvalue weighted by molar-refractivity contribution is 7.99. The van der Waals surface area contributed by atoms with E-state index >= 15 is 0 Å². The molecule has 0 amide bonds. The van der Waals surface area contributed by atoms with Crippen LogP contribution in [0.2, 0.25) is 0 Å². The van der Waals surface area contributed by atoms with Crippen LogP contribution in [0.15, 0.2) is 38.0 Å². The molecule has 0 fully saturated rings. The fourth-order valence-corrected chi connectivity index (χ4v) is 2.41. The maximum Gasteiger partial charge on any atom is 0.346 e. The molecule has 0 aliphatic rings. The second-order valence-corrected chi connectivity index (χ2v) is 4.82. The Hall–Kier alpha value is -2.42. The minimum absolute atomic E-state index is 0.0178. The molecule has 2 aromatic heterocycles. The summed E-state index contributed by atoms with van der Waals surface area (Å²) in [6.07, 6.45) is 1.42. The van der Waals surface area contributed by atoms with E-state index in [9.17, 15) is 14.4 Å². The topological polar surface area (TPSA) is 107 Å². The van der Waals surface area contributed by atoms with E-state index < -0.39 is 17.2 Å². The van der Waals surface area contributed by atoms with E-state index in [1.165, 1.54) is 32.4 Å². The van der Waals surface area contributed by atoms with Crippen molar-refractivity contribution in [2.45, 2.75) is 10.1 Å². The third-order valence-corrected chi connectivity index (χ3v) is 3.46. The van der Waals surface area contributed by atoms with Gasteiger partial charge in [-0.05, 0) is 23.9 Å². The monoisotopic (exact) mass is 294 g/mol. The van der Waals surface area contributed by atoms with Gasteiger partial charge in [0.05, 0.1) is 5.56 Å². The van der Waals surface area contributed by atoms with Gasteiger partial charge in [0.2, 0.25) is 0 Å². The zero-order chi connectivity index (χ0) is 14.9. The van der Waals surface area contributed by atoms with Gasteiger partial charge >= 0.3 is 11.7 Å². The van der Waals surface area contributed by atoms with Gasteiger partial charge in [-0.3, -0.25) is 9.36 Å². The maximum atomic E-state index is 11.9. The van der Waals surface area contributed by atoms with Crippen molar-refractivity contribution in [3.8, 4) is 0 Å². The molecule has 0 aliphatic carbocycles. The number of hydrogen-bond donors (Lipinski definition) is 1. The number of carboxylic acids is 1. The van der Waals surface area contributed by atoms with Crippen molar-refractivity contribution in [1.82, 2.24) is 19.3 Å². The van der Waals surface area contributed by atoms with Gasteiger partial charge in [0, 0.05) is 20.3 Å². The summed E-state index contributed by atoms with van der Waals surface area (Å²) in [7, 11) is 2.73. The molecule has 0 saturated carbocycles. The number of carbonyl (C=O) groups is 1. The number of carboxylic acid groups (broad SMARTS) is 1. The number of rotatable bonds is 3. The lowest BCUT2D eigenvalue weighted by Crippen LogP contribution is -2.39. The normalized spacial score (nSPS) is 10.5. The minimum atomic E-state index is -1.15. The first-order valence-electron chi connectivity index (χ1n) is 5.42. The highest BCUT2D eigenvalue weighted by Gasteiger charge is 2.16. The average molecular weight is 294 g/mol. The van der Waals surface area contributed by atoms with Crippen LogP contribution in [0.3, 0.4) is 0 Å². The minimum Gasteiger partial charge on any atom is -0.478 e. The Morgan fingerprint density at radius 3 is 2.65 bits per heavy atom. The fourth-order valence-electron chi connectivity index (χ4n) is 1.46. The zero-order valence-electron chi connectivity index (χ0n) is 10.6. The molecule has 0 bridgehead atoms. The predicted molar refractivity (Wildman–Crippen MR) is 70.0 cm³/mol. The summed E-state index contributed by atoms with van der Waals surface area (Å²) < 4.78 is 1.91. The molecule has 9 heteroatoms. The average Bonchev–Trinajstić information content (AvgIpc) is 2.43. The largest absolute Gasteiger partial charge is 0.478 e. The van der Waals surface area contributed by atoms with Crippen LogP contribution < -0.4 is 11.2 Å². The zero-order valence-corrected chi connectivity index (χ0v) is 11.4. The molecule has 2 rings (SSSR count). The van der Waals surface area contributed by atoms with Crippen LogP contribution >= 0.6 is 11.8 Å². The van der Waals surface area contributed by atoms with Gasteiger partial charge < -0.3 is 5.11 Å². The highest BCUT2D eigenvalue weighted by atomic mass is 32.2. The Morgan fingerprint density at radius 2 is 2.00 bits per heavy atom. The molecule has 2 heterocycles. The fraction of sp³-hybridized carbons (Fsp3) is 0.182. The number of aromatic nitrogens is 4. The lowest BCUT2D eigenvalue weighted by Gasteiger charge is -2.06. The molecule has 8 nitrogen and oxygen atoms in total. The molecular formula is C11H10N4O4S. The number of pyridine rings is 1. The van der Waals surface area contributed by atoms with Crippen molar-refractivity contribution >= 4 is 17.7 Å². The van der Waals surface area contributed by atoms with E-state index in [4.69, 9.17) is 5.11 Å². The molecule has 0 aromatic carbocycles. The summed E-state index contributed by atoms with van der Waals surface area (Å²) in [6.45, 7) is 0. The van der Waals surface area contributed by atoms with Crippen molar-refractivity contribution in [1.29, 1.82) is 0 Å². The summed E-state index contributed by atoms with van der Waals surface area (Å²) in [4.78, 5) is 38.4. The van der Waals surface area contributed by atoms with E-state index in [1.807, 2.05) is 0 Å². The lowest BCUT2D eigenvalue weighted by molar-refractivity contribution is 0.0692. The molecule has 1 N–H and O–H groups in total. The van der Waals surface area contributed by atoms with Gasteiger partial charge in [-0.15, -0.1) is 0 Å². The standard InChI is InChI=1S/C11H10N4O4S/c1-14-9(16)8(13-15(2)11(14)19)20-7-6(10(17)18)4-3-5-12-7/h3-5H,1-2H3,(H,17,18). The molecule has 0 atom stereocenters. The number of aromatic carboxylic acids is 1. The molecule has 0 spiro atoms. The van der Waals surface area contributed by atoms with E-state index in [-0.39, 0.29) is 15.6 Å². The number of hydrogen-bond acceptors (Lipinski definition) is 6. The smallest absolute Gasteiger partial charge is 0.346 e. The highest BCUT2D eigenvalue weighted by Crippen LogP contribution is 2.24. The van der Waals surface area contributed by atoms with Gasteiger partial charge in [-0.25, -0.2) is 19.3 Å². The van der Waals surface area contributed by atoms with Crippen molar-refractivity contribution in [2.75, 3.05) is 0 Å². The Balaban J connectivity index is 2.54. The van der Waals surface area contributed by atoms with Crippen LogP contribution in [0.25, 0.3) is 0 Å². The second kappa shape index (κ2) is 5.29. The van der Waals surface area contributed by atoms with Crippen molar-refractivity contribution in [2.24, 2.45) is 14.1 Å². The second-order valence-electron chi connectivity index (χ2n) is 3.84. The summed E-state index contributed by atoms with van der Waals surface area (Å²) in [5, 5.41) is 13.0. The molecule has 104 valence electrons. The number of aryl methyl sites for hydroxylation is 1. The molecule has 0 saturated heterocycles. The van der Waals surface area contributed by atoms with Crippen LogP contribution in [0, 0.1) is 0 Å². The first-order valence-corrected chi connectivity index (χ1v) is 6.24. The predicted octanol–water partition coefficient (Wildman–Crippen LogP) is -0.277. The Kier molecular flexibility index (Phi) is 3.70. The van der Waals surface area contributed by atoms with Crippen LogP contribution in [-0.2, 0) is 14.1 Å². The lowest BCUT2D eigenvalue weighted by atomic mass is 10.3. The van der Waals surface area contributed by atoms with Crippen LogP contribution in [0.4, 0.5) is 0 Å². The molecule has 0 radical (unpaired) electrons. The summed E-state index contributed by atoms with van der Waals surface area (Å²) in [6, 6.07) is 2.86. The van der Waals surface area contributed by atoms with E-state index in [0.717, 1.165) is 21.0 Å². The first-order chi connectivity index (χ1) is 9.41. The maximum absolute atomic E-state index is 11.9. The van der Waals surface area contributed by atoms with E-state index in [2.05, 4.69) is 10.1 Å². The summed E-state index contributed by atoms with van der Waals surface area (Å²) in [5.41, 5.74) is -1.19. The molecule has 0 aliphatic heterocycles. The molecule has 0 unspecified atom stereocenters. The molecule has 20 heavy (non-hydrogen) atoms. The van der Waals surface area contributed by atoms with Crippen LogP contribution in [-0.4, -0.2) is 30.4 Å². The third-order valence-electron chi connectivity index (χ3n) is 2.49. The van der Waals surface area contributed by atoms with Crippen LogP contribution in [0.1, 0.15) is 10.4 Å². The van der Waals surface area contributed by atoms with Crippen molar-refractivity contribution in [3.63, 3.8) is 0 Å². The van der Waals surface area contributed by atoms with Gasteiger partial charge in [0.25, 0.3) is 5.56 Å². The van der Waals surface area contributed by atoms with Crippen molar-refractivity contribution in [3.05, 3.63) is 44.7 Å². The van der Waals surface area contributed by atoms with Gasteiger partial charge in [0.15, 0.2) is 5.03 Å². The summed E-state index contributed by atoms with van der Waals surface area (Å²) >= 11 is 0.810. The van der Waals surface area contributed by atoms with Gasteiger partial charge in [-0.1, -0.05) is 0 Å². The Labute approximate surface area is 116 Å². The van der Waals surface area contributed by atoms with Crippen molar-refractivity contribution < 1.29 is 9.90 Å². The third kappa shape index (κ3) is 2.48.